The van der Waals surface area contributed by atoms with Gasteiger partial charge >= 0.3 is 5.97 Å². The quantitative estimate of drug-likeness (QED) is 0.0533. The molecule has 5 amide bonds. The Morgan fingerprint density at radius 1 is 0.727 bits per heavy atom. The molecule has 1 heterocycles. The highest BCUT2D eigenvalue weighted by atomic mass is 16.4. The lowest BCUT2D eigenvalue weighted by molar-refractivity contribution is -0.145. The van der Waals surface area contributed by atoms with Crippen LogP contribution in [0.2, 0.25) is 0 Å². The van der Waals surface area contributed by atoms with E-state index < -0.39 is 65.7 Å². The van der Waals surface area contributed by atoms with Crippen LogP contribution in [-0.4, -0.2) is 102 Å². The van der Waals surface area contributed by atoms with Crippen molar-refractivity contribution in [1.29, 1.82) is 0 Å². The minimum atomic E-state index is -1.23. The number of carboxylic acids is 1. The Morgan fingerprint density at radius 2 is 1.27 bits per heavy atom. The number of carbonyl (C=O) groups is 6. The van der Waals surface area contributed by atoms with Gasteiger partial charge < -0.3 is 54.6 Å². The molecule has 1 rings (SSSR count). The van der Waals surface area contributed by atoms with E-state index in [9.17, 15) is 33.9 Å². The first-order valence-electron chi connectivity index (χ1n) is 15.5. The molecular weight excluding hydrogens is 574 g/mol. The van der Waals surface area contributed by atoms with Gasteiger partial charge in [0.2, 0.25) is 29.5 Å². The Hall–Kier alpha value is -3.34. The lowest BCUT2D eigenvalue weighted by atomic mass is 10.0. The normalized spacial score (nSPS) is 17.3. The first-order chi connectivity index (χ1) is 21.0. The van der Waals surface area contributed by atoms with Gasteiger partial charge in [-0.25, -0.2) is 4.79 Å². The highest BCUT2D eigenvalue weighted by molar-refractivity contribution is 5.96. The summed E-state index contributed by atoms with van der Waals surface area (Å²) in [6.07, 6.45) is 4.77. The standard InChI is InChI=1S/C28H53N9O7/c29-14-4-1-8-18(32)24(39)34-19(9-2-5-15-30)25(40)35-20(12-13-23(33)38)27(42)37-17-7-11-22(37)26(41)36-21(28(43)44)10-3-6-16-31/h18-22H,1-17,29-32H2,(H2,33,38)(H,34,39)(H,35,40)(H,36,41)(H,43,44)/t18-,19-,20-,21-,22-/m0/s1. The lowest BCUT2D eigenvalue weighted by Crippen LogP contribution is -2.58. The average Bonchev–Trinajstić information content (AvgIpc) is 3.48. The molecule has 5 atom stereocenters. The third kappa shape index (κ3) is 14.0. The Bertz CT molecular complexity index is 952. The molecule has 0 radical (unpaired) electrons. The van der Waals surface area contributed by atoms with Crippen molar-refractivity contribution in [1.82, 2.24) is 20.9 Å². The number of carbonyl (C=O) groups excluding carboxylic acids is 5. The molecule has 14 N–H and O–H groups in total. The number of nitrogens with zero attached hydrogens (tertiary/aromatic N) is 1. The molecule has 0 aromatic carbocycles. The number of nitrogens with one attached hydrogen (secondary N) is 3. The summed E-state index contributed by atoms with van der Waals surface area (Å²) in [5.41, 5.74) is 27.9. The molecule has 0 aromatic heterocycles. The number of nitrogens with two attached hydrogens (primary N) is 5. The van der Waals surface area contributed by atoms with E-state index in [1.165, 1.54) is 4.90 Å². The van der Waals surface area contributed by atoms with Crippen LogP contribution in [0.15, 0.2) is 0 Å². The van der Waals surface area contributed by atoms with Crippen molar-refractivity contribution >= 4 is 35.5 Å². The van der Waals surface area contributed by atoms with Crippen LogP contribution in [0.5, 0.6) is 0 Å². The summed E-state index contributed by atoms with van der Waals surface area (Å²) >= 11 is 0. The minimum Gasteiger partial charge on any atom is -0.480 e. The molecule has 1 aliphatic heterocycles. The van der Waals surface area contributed by atoms with E-state index in [2.05, 4.69) is 16.0 Å². The first-order valence-corrected chi connectivity index (χ1v) is 15.5. The highest BCUT2D eigenvalue weighted by Crippen LogP contribution is 2.20. The second-order valence-electron chi connectivity index (χ2n) is 11.2. The zero-order valence-electron chi connectivity index (χ0n) is 25.6. The van der Waals surface area contributed by atoms with E-state index >= 15 is 0 Å². The average molecular weight is 628 g/mol. The molecule has 16 nitrogen and oxygen atoms in total. The van der Waals surface area contributed by atoms with E-state index in [1.807, 2.05) is 0 Å². The first kappa shape index (κ1) is 38.7. The summed E-state index contributed by atoms with van der Waals surface area (Å²) in [5, 5.41) is 17.4. The molecule has 0 spiro atoms. The molecule has 1 fully saturated rings. The second kappa shape index (κ2) is 21.4. The number of hydrogen-bond donors (Lipinski definition) is 9. The van der Waals surface area contributed by atoms with Crippen LogP contribution in [-0.2, 0) is 28.8 Å². The molecule has 0 bridgehead atoms. The maximum atomic E-state index is 13.7. The van der Waals surface area contributed by atoms with Crippen LogP contribution >= 0.6 is 0 Å². The molecule has 1 saturated heterocycles. The van der Waals surface area contributed by atoms with Crippen LogP contribution in [0.1, 0.15) is 83.5 Å². The molecule has 16 heteroatoms. The molecule has 252 valence electrons. The number of primary amides is 1. The Balaban J connectivity index is 3.08. The summed E-state index contributed by atoms with van der Waals surface area (Å²) < 4.78 is 0. The summed E-state index contributed by atoms with van der Waals surface area (Å²) in [4.78, 5) is 77.6. The van der Waals surface area contributed by atoms with Crippen molar-refractivity contribution in [3.05, 3.63) is 0 Å². The SMILES string of the molecule is NCCCC[C@H](NC(=O)[C@@H]1CCCN1C(=O)[C@H](CCC(N)=O)NC(=O)[C@H](CCCCN)NC(=O)[C@@H](N)CCCCN)C(=O)O. The van der Waals surface area contributed by atoms with Gasteiger partial charge in [0.1, 0.15) is 24.2 Å². The Morgan fingerprint density at radius 3 is 1.82 bits per heavy atom. The summed E-state index contributed by atoms with van der Waals surface area (Å²) in [6.45, 7) is 1.43. The monoisotopic (exact) mass is 627 g/mol. The van der Waals surface area contributed by atoms with Gasteiger partial charge in [-0.1, -0.05) is 6.42 Å². The maximum Gasteiger partial charge on any atom is 0.326 e. The third-order valence-electron chi connectivity index (χ3n) is 7.58. The molecule has 44 heavy (non-hydrogen) atoms. The van der Waals surface area contributed by atoms with Gasteiger partial charge in [0.15, 0.2) is 0 Å². The van der Waals surface area contributed by atoms with Gasteiger partial charge in [-0.15, -0.1) is 0 Å². The van der Waals surface area contributed by atoms with E-state index in [1.54, 1.807) is 0 Å². The van der Waals surface area contributed by atoms with Crippen LogP contribution in [0.4, 0.5) is 0 Å². The Labute approximate surface area is 258 Å². The summed E-state index contributed by atoms with van der Waals surface area (Å²) in [7, 11) is 0. The fraction of sp³-hybridized carbons (Fsp3) is 0.786. The molecule has 0 unspecified atom stereocenters. The van der Waals surface area contributed by atoms with Crippen molar-refractivity contribution in [2.45, 2.75) is 114 Å². The van der Waals surface area contributed by atoms with Gasteiger partial charge in [0, 0.05) is 13.0 Å². The lowest BCUT2D eigenvalue weighted by Gasteiger charge is -2.30. The number of rotatable bonds is 23. The number of unbranched alkanes of at least 4 members (excludes halogenated alkanes) is 3. The molecule has 0 saturated carbocycles. The van der Waals surface area contributed by atoms with Crippen molar-refractivity contribution in [2.75, 3.05) is 26.2 Å². The van der Waals surface area contributed by atoms with Crippen molar-refractivity contribution in [3.8, 4) is 0 Å². The molecule has 0 aliphatic carbocycles. The van der Waals surface area contributed by atoms with Crippen LogP contribution < -0.4 is 44.6 Å². The van der Waals surface area contributed by atoms with E-state index in [0.29, 0.717) is 77.4 Å². The topological polar surface area (TPSA) is 292 Å². The zero-order valence-corrected chi connectivity index (χ0v) is 25.6. The van der Waals surface area contributed by atoms with Gasteiger partial charge in [-0.3, -0.25) is 24.0 Å². The maximum absolute atomic E-state index is 13.7. The predicted octanol–water partition coefficient (Wildman–Crippen LogP) is -2.50. The largest absolute Gasteiger partial charge is 0.480 e. The zero-order chi connectivity index (χ0) is 33.1. The van der Waals surface area contributed by atoms with E-state index in [-0.39, 0.29) is 32.2 Å². The second-order valence-corrected chi connectivity index (χ2v) is 11.2. The minimum absolute atomic E-state index is 0.135. The van der Waals surface area contributed by atoms with E-state index in [0.717, 1.165) is 0 Å². The van der Waals surface area contributed by atoms with Gasteiger partial charge in [-0.05, 0) is 90.3 Å². The van der Waals surface area contributed by atoms with Crippen molar-refractivity contribution < 1.29 is 33.9 Å². The van der Waals surface area contributed by atoms with Gasteiger partial charge in [0.25, 0.3) is 0 Å². The predicted molar refractivity (Wildman–Crippen MR) is 163 cm³/mol. The smallest absolute Gasteiger partial charge is 0.326 e. The van der Waals surface area contributed by atoms with Gasteiger partial charge in [-0.2, -0.15) is 0 Å². The Kier molecular flexibility index (Phi) is 18.8. The number of aliphatic carboxylic acids is 1. The number of amides is 5. The molecule has 0 aromatic rings. The molecule has 1 aliphatic rings. The van der Waals surface area contributed by atoms with Gasteiger partial charge in [0.05, 0.1) is 6.04 Å². The summed E-state index contributed by atoms with van der Waals surface area (Å²) in [6, 6.07) is -5.21. The third-order valence-corrected chi connectivity index (χ3v) is 7.58. The fourth-order valence-corrected chi connectivity index (χ4v) is 5.02. The number of carboxylic acid groups (broad SMARTS) is 1. The highest BCUT2D eigenvalue weighted by Gasteiger charge is 2.39. The van der Waals surface area contributed by atoms with E-state index in [4.69, 9.17) is 28.7 Å². The van der Waals surface area contributed by atoms with Crippen LogP contribution in [0.3, 0.4) is 0 Å². The summed E-state index contributed by atoms with van der Waals surface area (Å²) in [5.74, 6) is -4.29. The van der Waals surface area contributed by atoms with Crippen molar-refractivity contribution in [3.63, 3.8) is 0 Å². The number of likely N-dealkylation sites (tertiary alicyclic amines) is 1. The van der Waals surface area contributed by atoms with Crippen LogP contribution in [0.25, 0.3) is 0 Å². The number of hydrogen-bond acceptors (Lipinski definition) is 10. The van der Waals surface area contributed by atoms with Crippen molar-refractivity contribution in [2.24, 2.45) is 28.7 Å². The fourth-order valence-electron chi connectivity index (χ4n) is 5.02. The molecular formula is C28H53N9O7. The van der Waals surface area contributed by atoms with Crippen LogP contribution in [0, 0.1) is 0 Å².